The predicted molar refractivity (Wildman–Crippen MR) is 67.5 cm³/mol. The maximum absolute atomic E-state index is 12.2. The van der Waals surface area contributed by atoms with Crippen LogP contribution in [0.4, 0.5) is 0 Å². The Balaban J connectivity index is 1.98. The predicted octanol–water partition coefficient (Wildman–Crippen LogP) is -1.97. The summed E-state index contributed by atoms with van der Waals surface area (Å²) in [6.07, 6.45) is 0.853. The van der Waals surface area contributed by atoms with E-state index in [9.17, 15) is 14.7 Å². The first-order valence-electron chi connectivity index (χ1n) is 6.73. The molecule has 0 aromatic rings. The molecular formula is C12H21N3O4. The van der Waals surface area contributed by atoms with Gasteiger partial charge in [0.05, 0.1) is 25.9 Å². The van der Waals surface area contributed by atoms with Crippen LogP contribution in [-0.2, 0) is 14.3 Å². The Labute approximate surface area is 112 Å². The highest BCUT2D eigenvalue weighted by atomic mass is 16.5. The summed E-state index contributed by atoms with van der Waals surface area (Å²) in [6.45, 7) is 3.63. The van der Waals surface area contributed by atoms with Gasteiger partial charge >= 0.3 is 11.8 Å². The summed E-state index contributed by atoms with van der Waals surface area (Å²) in [7, 11) is 0. The molecule has 2 aliphatic heterocycles. The summed E-state index contributed by atoms with van der Waals surface area (Å²) in [5.74, 6) is -0.992. The first-order chi connectivity index (χ1) is 9.24. The van der Waals surface area contributed by atoms with E-state index in [-0.39, 0.29) is 13.2 Å². The number of carbonyl (C=O) groups excluding carboxylic acids is 2. The van der Waals surface area contributed by atoms with Crippen LogP contribution in [0.15, 0.2) is 0 Å². The van der Waals surface area contributed by atoms with Crippen LogP contribution in [0.1, 0.15) is 6.42 Å². The van der Waals surface area contributed by atoms with Crippen molar-refractivity contribution in [3.63, 3.8) is 0 Å². The van der Waals surface area contributed by atoms with E-state index in [0.29, 0.717) is 32.8 Å². The Morgan fingerprint density at radius 2 is 2.05 bits per heavy atom. The van der Waals surface area contributed by atoms with Gasteiger partial charge in [-0.25, -0.2) is 0 Å². The second kappa shape index (κ2) is 6.83. The molecular weight excluding hydrogens is 250 g/mol. The van der Waals surface area contributed by atoms with Gasteiger partial charge in [-0.2, -0.15) is 0 Å². The molecule has 2 rings (SSSR count). The van der Waals surface area contributed by atoms with E-state index in [1.165, 1.54) is 4.90 Å². The zero-order valence-electron chi connectivity index (χ0n) is 11.0. The van der Waals surface area contributed by atoms with E-state index in [1.54, 1.807) is 4.90 Å². The summed E-state index contributed by atoms with van der Waals surface area (Å²) in [5, 5.41) is 12.4. The van der Waals surface area contributed by atoms with Gasteiger partial charge in [0.2, 0.25) is 0 Å². The monoisotopic (exact) mass is 271 g/mol. The van der Waals surface area contributed by atoms with Gasteiger partial charge in [-0.3, -0.25) is 9.59 Å². The zero-order valence-corrected chi connectivity index (χ0v) is 11.0. The second-order valence-corrected chi connectivity index (χ2v) is 4.81. The highest BCUT2D eigenvalue weighted by Crippen LogP contribution is 2.09. The van der Waals surface area contributed by atoms with Crippen LogP contribution >= 0.6 is 0 Å². The average molecular weight is 271 g/mol. The van der Waals surface area contributed by atoms with Crippen molar-refractivity contribution in [3.8, 4) is 0 Å². The fourth-order valence-corrected chi connectivity index (χ4v) is 2.38. The van der Waals surface area contributed by atoms with Gasteiger partial charge in [-0.15, -0.1) is 0 Å². The summed E-state index contributed by atoms with van der Waals surface area (Å²) in [6, 6.07) is -0.407. The van der Waals surface area contributed by atoms with Crippen molar-refractivity contribution in [1.29, 1.82) is 0 Å². The van der Waals surface area contributed by atoms with Crippen LogP contribution in [0.5, 0.6) is 0 Å². The van der Waals surface area contributed by atoms with E-state index in [0.717, 1.165) is 13.0 Å². The van der Waals surface area contributed by atoms with E-state index in [2.05, 4.69) is 5.32 Å². The number of carbonyl (C=O) groups is 2. The van der Waals surface area contributed by atoms with Crippen molar-refractivity contribution >= 4 is 11.8 Å². The molecule has 2 heterocycles. The van der Waals surface area contributed by atoms with Crippen LogP contribution in [0.2, 0.25) is 0 Å². The molecule has 0 aliphatic carbocycles. The molecule has 1 atom stereocenters. The number of hydrogen-bond donors (Lipinski definition) is 2. The number of aliphatic hydroxyl groups is 1. The molecule has 7 heteroatoms. The first kappa shape index (κ1) is 14.2. The Bertz CT molecular complexity index is 329. The molecule has 0 aromatic carbocycles. The normalized spacial score (nSPS) is 25.0. The lowest BCUT2D eigenvalue weighted by molar-refractivity contribution is -0.157. The smallest absolute Gasteiger partial charge is 0.312 e. The molecule has 0 spiro atoms. The first-order valence-corrected chi connectivity index (χ1v) is 6.73. The standard InChI is InChI=1S/C12H21N3O4/c16-8-10-9-19-7-6-15(10)12(18)11(17)14-4-1-2-13-3-5-14/h10,13,16H,1-9H2. The molecule has 19 heavy (non-hydrogen) atoms. The number of nitrogens with one attached hydrogen (secondary N) is 1. The molecule has 1 unspecified atom stereocenters. The second-order valence-electron chi connectivity index (χ2n) is 4.81. The maximum atomic E-state index is 12.2. The lowest BCUT2D eigenvalue weighted by Crippen LogP contribution is -2.55. The number of amides is 2. The Hall–Kier alpha value is -1.18. The molecule has 2 N–H and O–H groups in total. The van der Waals surface area contributed by atoms with E-state index < -0.39 is 17.9 Å². The minimum absolute atomic E-state index is 0.180. The molecule has 7 nitrogen and oxygen atoms in total. The van der Waals surface area contributed by atoms with Gasteiger partial charge in [0.15, 0.2) is 0 Å². The number of aliphatic hydroxyl groups excluding tert-OH is 1. The third-order valence-electron chi connectivity index (χ3n) is 3.51. The highest BCUT2D eigenvalue weighted by molar-refractivity contribution is 6.35. The van der Waals surface area contributed by atoms with Crippen LogP contribution < -0.4 is 5.32 Å². The van der Waals surface area contributed by atoms with Crippen molar-refractivity contribution in [2.75, 3.05) is 52.5 Å². The number of nitrogens with zero attached hydrogens (tertiary/aromatic N) is 2. The summed E-state index contributed by atoms with van der Waals surface area (Å²) in [5.41, 5.74) is 0. The molecule has 0 bridgehead atoms. The Morgan fingerprint density at radius 1 is 1.21 bits per heavy atom. The van der Waals surface area contributed by atoms with Crippen LogP contribution in [0.25, 0.3) is 0 Å². The zero-order chi connectivity index (χ0) is 13.7. The molecule has 0 radical (unpaired) electrons. The largest absolute Gasteiger partial charge is 0.394 e. The molecule has 2 aliphatic rings. The number of ether oxygens (including phenoxy) is 1. The molecule has 2 saturated heterocycles. The van der Waals surface area contributed by atoms with Crippen molar-refractivity contribution in [2.45, 2.75) is 12.5 Å². The minimum atomic E-state index is -0.524. The molecule has 0 saturated carbocycles. The van der Waals surface area contributed by atoms with Gasteiger partial charge in [-0.05, 0) is 13.0 Å². The Kier molecular flexibility index (Phi) is 5.12. The van der Waals surface area contributed by atoms with Crippen LogP contribution in [0.3, 0.4) is 0 Å². The van der Waals surface area contributed by atoms with Crippen molar-refractivity contribution in [1.82, 2.24) is 15.1 Å². The highest BCUT2D eigenvalue weighted by Gasteiger charge is 2.33. The summed E-state index contributed by atoms with van der Waals surface area (Å²) in [4.78, 5) is 27.4. The van der Waals surface area contributed by atoms with Crippen LogP contribution in [0, 0.1) is 0 Å². The fraction of sp³-hybridized carbons (Fsp3) is 0.833. The topological polar surface area (TPSA) is 82.1 Å². The fourth-order valence-electron chi connectivity index (χ4n) is 2.38. The van der Waals surface area contributed by atoms with Crippen LogP contribution in [-0.4, -0.2) is 85.3 Å². The van der Waals surface area contributed by atoms with E-state index >= 15 is 0 Å². The van der Waals surface area contributed by atoms with Gasteiger partial charge < -0.3 is 25.0 Å². The summed E-state index contributed by atoms with van der Waals surface area (Å²) < 4.78 is 5.21. The molecule has 0 aromatic heterocycles. The quantitative estimate of drug-likeness (QED) is 0.541. The summed E-state index contributed by atoms with van der Waals surface area (Å²) >= 11 is 0. The molecule has 108 valence electrons. The van der Waals surface area contributed by atoms with Crippen molar-refractivity contribution < 1.29 is 19.4 Å². The third-order valence-corrected chi connectivity index (χ3v) is 3.51. The molecule has 2 amide bonds. The maximum Gasteiger partial charge on any atom is 0.312 e. The van der Waals surface area contributed by atoms with E-state index in [4.69, 9.17) is 4.74 Å². The third kappa shape index (κ3) is 3.43. The van der Waals surface area contributed by atoms with Crippen molar-refractivity contribution in [2.24, 2.45) is 0 Å². The number of hydrogen-bond acceptors (Lipinski definition) is 5. The minimum Gasteiger partial charge on any atom is -0.394 e. The molecule has 2 fully saturated rings. The van der Waals surface area contributed by atoms with Gasteiger partial charge in [0, 0.05) is 26.2 Å². The van der Waals surface area contributed by atoms with E-state index in [1.807, 2.05) is 0 Å². The van der Waals surface area contributed by atoms with Gasteiger partial charge in [0.1, 0.15) is 0 Å². The number of morpholine rings is 1. The average Bonchev–Trinajstić information content (AvgIpc) is 2.74. The lowest BCUT2D eigenvalue weighted by Gasteiger charge is -2.35. The van der Waals surface area contributed by atoms with Crippen molar-refractivity contribution in [3.05, 3.63) is 0 Å². The van der Waals surface area contributed by atoms with Gasteiger partial charge in [-0.1, -0.05) is 0 Å². The van der Waals surface area contributed by atoms with Gasteiger partial charge in [0.25, 0.3) is 0 Å². The lowest BCUT2D eigenvalue weighted by atomic mass is 10.2. The number of rotatable bonds is 1. The SMILES string of the molecule is O=C(C(=O)N1CCOCC1CO)N1CCCNCC1. The Morgan fingerprint density at radius 3 is 2.84 bits per heavy atom.